The predicted octanol–water partition coefficient (Wildman–Crippen LogP) is 6.65. The van der Waals surface area contributed by atoms with E-state index in [1.165, 1.54) is 0 Å². The Balaban J connectivity index is 2.69. The molecule has 0 radical (unpaired) electrons. The summed E-state index contributed by atoms with van der Waals surface area (Å²) in [4.78, 5) is 0. The van der Waals surface area contributed by atoms with Gasteiger partial charge in [-0.15, -0.1) is 0 Å². The van der Waals surface area contributed by atoms with Crippen molar-refractivity contribution in [3.05, 3.63) is 70.7 Å². The molecule has 0 heterocycles. The number of para-hydroxylation sites is 1. The molecular weight excluding hydrogens is 315 g/mol. The van der Waals surface area contributed by atoms with Crippen LogP contribution in [-0.2, 0) is 0 Å². The fraction of sp³-hybridized carbons (Fsp3) is 0.158. The summed E-state index contributed by atoms with van der Waals surface area (Å²) in [5.41, 5.74) is 2.63. The average Bonchev–Trinajstić information content (AvgIpc) is 2.50. The van der Waals surface area contributed by atoms with Crippen molar-refractivity contribution in [1.29, 1.82) is 0 Å². The van der Waals surface area contributed by atoms with Gasteiger partial charge >= 0.3 is 0 Å². The largest absolute Gasteiger partial charge is 0.485 e. The Morgan fingerprint density at radius 3 is 2.32 bits per heavy atom. The first-order chi connectivity index (χ1) is 10.6. The first-order valence-electron chi connectivity index (χ1n) is 7.07. The molecule has 1 atom stereocenters. The van der Waals surface area contributed by atoms with Crippen LogP contribution in [0.3, 0.4) is 0 Å². The molecule has 1 nitrogen and oxygen atoms in total. The van der Waals surface area contributed by atoms with E-state index in [1.54, 1.807) is 6.08 Å². The highest BCUT2D eigenvalue weighted by atomic mass is 35.5. The van der Waals surface area contributed by atoms with Gasteiger partial charge < -0.3 is 4.74 Å². The summed E-state index contributed by atoms with van der Waals surface area (Å²) < 4.78 is 6.06. The van der Waals surface area contributed by atoms with Crippen molar-refractivity contribution >= 4 is 29.3 Å². The molecule has 0 unspecified atom stereocenters. The second-order valence-electron chi connectivity index (χ2n) is 4.88. The van der Waals surface area contributed by atoms with Crippen LogP contribution in [0.15, 0.2) is 55.1 Å². The summed E-state index contributed by atoms with van der Waals surface area (Å²) in [6, 6.07) is 11.4. The van der Waals surface area contributed by atoms with Gasteiger partial charge in [0.2, 0.25) is 0 Å². The van der Waals surface area contributed by atoms with Crippen molar-refractivity contribution < 1.29 is 4.74 Å². The van der Waals surface area contributed by atoms with Gasteiger partial charge in [-0.25, -0.2) is 0 Å². The van der Waals surface area contributed by atoms with Gasteiger partial charge in [-0.05, 0) is 26.0 Å². The minimum Gasteiger partial charge on any atom is -0.485 e. The molecule has 0 aromatic heterocycles. The Morgan fingerprint density at radius 2 is 1.73 bits per heavy atom. The van der Waals surface area contributed by atoms with Crippen molar-refractivity contribution in [3.8, 4) is 16.9 Å². The number of allylic oxidation sites excluding steroid dienone is 1. The maximum absolute atomic E-state index is 6.36. The number of rotatable bonds is 5. The van der Waals surface area contributed by atoms with Crippen LogP contribution >= 0.6 is 23.2 Å². The topological polar surface area (TPSA) is 9.23 Å². The Labute approximate surface area is 141 Å². The molecule has 0 amide bonds. The van der Waals surface area contributed by atoms with E-state index in [2.05, 4.69) is 6.58 Å². The van der Waals surface area contributed by atoms with Crippen molar-refractivity contribution in [2.75, 3.05) is 0 Å². The summed E-state index contributed by atoms with van der Waals surface area (Å²) in [6.07, 6.45) is 5.61. The zero-order chi connectivity index (χ0) is 16.1. The van der Waals surface area contributed by atoms with E-state index >= 15 is 0 Å². The lowest BCUT2D eigenvalue weighted by Gasteiger charge is -2.19. The standard InChI is InChI=1S/C19H18Cl2O/c1-4-8-14-9-6-10-15(19(14)22-13(3)5-2)18-16(20)11-7-12-17(18)21/h4-13H,2H2,1,3H3/t13-/m1/s1. The van der Waals surface area contributed by atoms with Gasteiger partial charge in [0.25, 0.3) is 0 Å². The molecule has 0 spiro atoms. The first kappa shape index (κ1) is 16.7. The van der Waals surface area contributed by atoms with Crippen LogP contribution in [-0.4, -0.2) is 6.10 Å². The minimum atomic E-state index is -0.119. The lowest BCUT2D eigenvalue weighted by atomic mass is 10.0. The Hall–Kier alpha value is -1.70. The van der Waals surface area contributed by atoms with E-state index < -0.39 is 0 Å². The molecule has 0 aliphatic rings. The van der Waals surface area contributed by atoms with E-state index in [9.17, 15) is 0 Å². The summed E-state index contributed by atoms with van der Waals surface area (Å²) in [6.45, 7) is 7.68. The third kappa shape index (κ3) is 3.55. The summed E-state index contributed by atoms with van der Waals surface area (Å²) in [7, 11) is 0. The van der Waals surface area contributed by atoms with Crippen LogP contribution in [0.5, 0.6) is 5.75 Å². The Morgan fingerprint density at radius 1 is 1.09 bits per heavy atom. The van der Waals surface area contributed by atoms with Crippen molar-refractivity contribution in [2.24, 2.45) is 0 Å². The van der Waals surface area contributed by atoms with Crippen molar-refractivity contribution in [2.45, 2.75) is 20.0 Å². The van der Waals surface area contributed by atoms with Gasteiger partial charge in [0.1, 0.15) is 11.9 Å². The SMILES string of the molecule is C=C[C@@H](C)Oc1c(C=CC)cccc1-c1c(Cl)cccc1Cl. The molecule has 0 saturated carbocycles. The number of halogens is 2. The normalized spacial score (nSPS) is 12.4. The highest BCUT2D eigenvalue weighted by molar-refractivity contribution is 6.39. The molecular formula is C19H18Cl2O. The fourth-order valence-corrected chi connectivity index (χ4v) is 2.78. The van der Waals surface area contributed by atoms with E-state index in [4.69, 9.17) is 27.9 Å². The lowest BCUT2D eigenvalue weighted by molar-refractivity contribution is 0.271. The Kier molecular flexibility index (Phi) is 5.70. The zero-order valence-corrected chi connectivity index (χ0v) is 14.2. The van der Waals surface area contributed by atoms with Gasteiger partial charge in [0.15, 0.2) is 0 Å². The van der Waals surface area contributed by atoms with Gasteiger partial charge in [-0.2, -0.15) is 0 Å². The molecule has 0 aliphatic heterocycles. The van der Waals surface area contributed by atoms with Crippen LogP contribution in [0.4, 0.5) is 0 Å². The molecule has 0 saturated heterocycles. The molecule has 0 aliphatic carbocycles. The van der Waals surface area contributed by atoms with E-state index in [0.717, 1.165) is 22.4 Å². The molecule has 3 heteroatoms. The van der Waals surface area contributed by atoms with Crippen molar-refractivity contribution in [3.63, 3.8) is 0 Å². The van der Waals surface area contributed by atoms with Gasteiger partial charge in [-0.3, -0.25) is 0 Å². The zero-order valence-electron chi connectivity index (χ0n) is 12.6. The maximum Gasteiger partial charge on any atom is 0.135 e. The van der Waals surface area contributed by atoms with Gasteiger partial charge in [-0.1, -0.05) is 72.3 Å². The van der Waals surface area contributed by atoms with Crippen LogP contribution in [0.1, 0.15) is 19.4 Å². The number of ether oxygens (including phenoxy) is 1. The van der Waals surface area contributed by atoms with E-state index in [0.29, 0.717) is 10.0 Å². The predicted molar refractivity (Wildman–Crippen MR) is 96.9 cm³/mol. The quantitative estimate of drug-likeness (QED) is 0.557. The van der Waals surface area contributed by atoms with Crippen molar-refractivity contribution in [1.82, 2.24) is 0 Å². The number of hydrogen-bond acceptors (Lipinski definition) is 1. The number of benzene rings is 2. The minimum absolute atomic E-state index is 0.119. The van der Waals surface area contributed by atoms with Gasteiger partial charge in [0.05, 0.1) is 10.0 Å². The Bertz CT molecular complexity index is 684. The molecule has 2 aromatic rings. The molecule has 22 heavy (non-hydrogen) atoms. The summed E-state index contributed by atoms with van der Waals surface area (Å²) in [5, 5.41) is 1.20. The smallest absolute Gasteiger partial charge is 0.135 e. The highest BCUT2D eigenvalue weighted by Crippen LogP contribution is 2.42. The third-order valence-electron chi connectivity index (χ3n) is 3.26. The fourth-order valence-electron chi connectivity index (χ4n) is 2.18. The van der Waals surface area contributed by atoms with Crippen LogP contribution in [0.2, 0.25) is 10.0 Å². The van der Waals surface area contributed by atoms with Crippen LogP contribution < -0.4 is 4.74 Å². The monoisotopic (exact) mass is 332 g/mol. The summed E-state index contributed by atoms with van der Waals surface area (Å²) in [5.74, 6) is 0.753. The molecule has 114 valence electrons. The highest BCUT2D eigenvalue weighted by Gasteiger charge is 2.16. The third-order valence-corrected chi connectivity index (χ3v) is 3.89. The van der Waals surface area contributed by atoms with Crippen LogP contribution in [0, 0.1) is 0 Å². The molecule has 2 rings (SSSR count). The van der Waals surface area contributed by atoms with Gasteiger partial charge in [0, 0.05) is 16.7 Å². The average molecular weight is 333 g/mol. The number of hydrogen-bond donors (Lipinski definition) is 0. The molecule has 0 N–H and O–H groups in total. The van der Waals surface area contributed by atoms with Crippen LogP contribution in [0.25, 0.3) is 17.2 Å². The molecule has 0 fully saturated rings. The molecule has 0 bridgehead atoms. The van der Waals surface area contributed by atoms with E-state index in [-0.39, 0.29) is 6.10 Å². The molecule has 2 aromatic carbocycles. The second kappa shape index (κ2) is 7.53. The first-order valence-corrected chi connectivity index (χ1v) is 7.83. The maximum atomic E-state index is 6.36. The van der Waals surface area contributed by atoms with E-state index in [1.807, 2.05) is 62.4 Å². The summed E-state index contributed by atoms with van der Waals surface area (Å²) >= 11 is 12.7. The second-order valence-corrected chi connectivity index (χ2v) is 5.69. The lowest BCUT2D eigenvalue weighted by Crippen LogP contribution is -2.09.